The molecule has 1 aliphatic rings. The number of hydrogen-bond acceptors (Lipinski definition) is 2. The number of carbonyl (C=O) groups is 1. The molecular weight excluding hydrogens is 548 g/mol. The summed E-state index contributed by atoms with van der Waals surface area (Å²) in [5.41, 5.74) is 1.62. The lowest BCUT2D eigenvalue weighted by Gasteiger charge is -2.15. The smallest absolute Gasteiger partial charge is 0.280 e. The molecule has 1 aromatic heterocycles. The molecule has 2 heterocycles. The van der Waals surface area contributed by atoms with E-state index in [1.807, 2.05) is 41.8 Å². The number of benzene rings is 3. The molecule has 0 atom stereocenters. The van der Waals surface area contributed by atoms with E-state index in [0.717, 1.165) is 22.2 Å². The molecule has 0 saturated carbocycles. The van der Waals surface area contributed by atoms with Gasteiger partial charge in [0.25, 0.3) is 5.91 Å². The molecule has 11 heteroatoms. The van der Waals surface area contributed by atoms with Crippen molar-refractivity contribution in [3.05, 3.63) is 104 Å². The Morgan fingerprint density at radius 1 is 0.868 bits per heavy atom. The van der Waals surface area contributed by atoms with E-state index in [-0.39, 0.29) is 16.3 Å². The predicted molar refractivity (Wildman–Crippen MR) is 137 cm³/mol. The highest BCUT2D eigenvalue weighted by Gasteiger charge is 2.37. The maximum absolute atomic E-state index is 14.4. The fraction of sp³-hybridized carbons (Fsp3) is 0.111. The van der Waals surface area contributed by atoms with Gasteiger partial charge in [0.15, 0.2) is 23.3 Å². The van der Waals surface area contributed by atoms with Crippen molar-refractivity contribution in [2.24, 2.45) is 5.10 Å². The number of hydrogen-bond donors (Lipinski definition) is 0. The van der Waals surface area contributed by atoms with Gasteiger partial charge in [-0.2, -0.15) is 10.1 Å². The van der Waals surface area contributed by atoms with E-state index in [1.165, 1.54) is 13.0 Å². The third-order valence-corrected chi connectivity index (χ3v) is 7.09. The Bertz CT molecular complexity index is 1700. The van der Waals surface area contributed by atoms with Crippen LogP contribution < -0.4 is 5.01 Å². The van der Waals surface area contributed by atoms with Gasteiger partial charge in [-0.1, -0.05) is 47.5 Å². The van der Waals surface area contributed by atoms with Crippen LogP contribution >= 0.6 is 23.2 Å². The Kier molecular flexibility index (Phi) is 6.53. The molecule has 5 rings (SSSR count). The molecule has 1 amide bonds. The average Bonchev–Trinajstić information content (AvgIpc) is 3.32. The lowest BCUT2D eigenvalue weighted by atomic mass is 10.0. The van der Waals surface area contributed by atoms with Crippen LogP contribution in [-0.2, 0) is 11.3 Å². The molecule has 194 valence electrons. The zero-order valence-corrected chi connectivity index (χ0v) is 21.2. The molecule has 4 nitrogen and oxygen atoms in total. The van der Waals surface area contributed by atoms with Crippen LogP contribution in [0, 0.1) is 36.0 Å². The fourth-order valence-electron chi connectivity index (χ4n) is 4.42. The van der Waals surface area contributed by atoms with Gasteiger partial charge in [-0.15, -0.1) is 0 Å². The van der Waals surface area contributed by atoms with E-state index >= 15 is 0 Å². The van der Waals surface area contributed by atoms with Crippen LogP contribution in [0.4, 0.5) is 27.6 Å². The van der Waals surface area contributed by atoms with Gasteiger partial charge < -0.3 is 4.57 Å². The first kappa shape index (κ1) is 25.9. The summed E-state index contributed by atoms with van der Waals surface area (Å²) in [6.45, 7) is 3.65. The van der Waals surface area contributed by atoms with Crippen molar-refractivity contribution in [2.75, 3.05) is 5.01 Å². The Morgan fingerprint density at radius 3 is 2.16 bits per heavy atom. The normalized spacial score (nSPS) is 14.8. The van der Waals surface area contributed by atoms with Crippen molar-refractivity contribution < 1.29 is 26.7 Å². The second-order valence-electron chi connectivity index (χ2n) is 8.63. The molecule has 0 radical (unpaired) electrons. The molecular formula is C27H16Cl2F5N3O. The quantitative estimate of drug-likeness (QED) is 0.108. The number of halogens is 7. The summed E-state index contributed by atoms with van der Waals surface area (Å²) >= 11 is 12.2. The number of anilines is 1. The van der Waals surface area contributed by atoms with Gasteiger partial charge in [0.1, 0.15) is 5.69 Å². The summed E-state index contributed by atoms with van der Waals surface area (Å²) in [6, 6.07) is 12.7. The highest BCUT2D eigenvalue weighted by Crippen LogP contribution is 2.36. The Labute approximate surface area is 223 Å². The van der Waals surface area contributed by atoms with Gasteiger partial charge in [0.05, 0.1) is 21.3 Å². The zero-order chi connectivity index (χ0) is 27.5. The highest BCUT2D eigenvalue weighted by molar-refractivity contribution is 6.42. The average molecular weight is 564 g/mol. The summed E-state index contributed by atoms with van der Waals surface area (Å²) in [6.07, 6.45) is 1.50. The lowest BCUT2D eigenvalue weighted by molar-refractivity contribution is -0.114. The highest BCUT2D eigenvalue weighted by atomic mass is 35.5. The van der Waals surface area contributed by atoms with Crippen LogP contribution in [0.25, 0.3) is 17.0 Å². The van der Waals surface area contributed by atoms with Crippen LogP contribution in [0.1, 0.15) is 23.7 Å². The third kappa shape index (κ3) is 4.06. The van der Waals surface area contributed by atoms with E-state index in [4.69, 9.17) is 23.2 Å². The summed E-state index contributed by atoms with van der Waals surface area (Å²) in [7, 11) is 0. The number of aromatic nitrogens is 1. The van der Waals surface area contributed by atoms with Crippen molar-refractivity contribution in [1.82, 2.24) is 4.57 Å². The maximum atomic E-state index is 14.4. The number of para-hydroxylation sites is 1. The zero-order valence-electron chi connectivity index (χ0n) is 19.7. The van der Waals surface area contributed by atoms with Gasteiger partial charge in [-0.25, -0.2) is 22.0 Å². The fourth-order valence-corrected chi connectivity index (χ4v) is 4.74. The van der Waals surface area contributed by atoms with Gasteiger partial charge in [0.2, 0.25) is 5.82 Å². The second kappa shape index (κ2) is 9.56. The number of nitrogens with zero attached hydrogens (tertiary/aromatic N) is 3. The van der Waals surface area contributed by atoms with Gasteiger partial charge in [-0.3, -0.25) is 4.79 Å². The van der Waals surface area contributed by atoms with E-state index in [2.05, 4.69) is 5.10 Å². The predicted octanol–water partition coefficient (Wildman–Crippen LogP) is 7.81. The largest absolute Gasteiger partial charge is 0.340 e. The van der Waals surface area contributed by atoms with Gasteiger partial charge >= 0.3 is 0 Å². The van der Waals surface area contributed by atoms with E-state index < -0.39 is 40.7 Å². The van der Waals surface area contributed by atoms with Crippen molar-refractivity contribution in [1.29, 1.82) is 0 Å². The molecule has 4 aromatic rings. The molecule has 0 N–H and O–H groups in total. The van der Waals surface area contributed by atoms with Gasteiger partial charge in [-0.05, 0) is 43.7 Å². The molecule has 0 fully saturated rings. The summed E-state index contributed by atoms with van der Waals surface area (Å²) < 4.78 is 72.0. The SMILES string of the molecule is CC1=NN(c2c(F)c(F)c(F)c(F)c2F)C(=O)/C1=C\c1c(C)n(Cc2ccc(Cl)c(Cl)c2)c2ccccc12. The minimum atomic E-state index is -2.32. The number of carbonyl (C=O) groups excluding carboxylic acids is 1. The third-order valence-electron chi connectivity index (χ3n) is 6.35. The first-order valence-electron chi connectivity index (χ1n) is 11.2. The summed E-state index contributed by atoms with van der Waals surface area (Å²) in [4.78, 5) is 13.2. The van der Waals surface area contributed by atoms with E-state index in [9.17, 15) is 26.7 Å². The van der Waals surface area contributed by atoms with Crippen molar-refractivity contribution in [3.63, 3.8) is 0 Å². The Balaban J connectivity index is 1.61. The van der Waals surface area contributed by atoms with Crippen LogP contribution in [0.2, 0.25) is 10.0 Å². The molecule has 1 aliphatic heterocycles. The monoisotopic (exact) mass is 563 g/mol. The van der Waals surface area contributed by atoms with Crippen LogP contribution in [-0.4, -0.2) is 16.2 Å². The van der Waals surface area contributed by atoms with Crippen LogP contribution in [0.15, 0.2) is 53.1 Å². The van der Waals surface area contributed by atoms with Crippen molar-refractivity contribution in [2.45, 2.75) is 20.4 Å². The summed E-state index contributed by atoms with van der Waals surface area (Å²) in [5, 5.41) is 5.60. The van der Waals surface area contributed by atoms with E-state index in [1.54, 1.807) is 12.1 Å². The molecule has 38 heavy (non-hydrogen) atoms. The number of fused-ring (bicyclic) bond motifs is 1. The maximum Gasteiger partial charge on any atom is 0.280 e. The number of amides is 1. The lowest BCUT2D eigenvalue weighted by Crippen LogP contribution is -2.25. The van der Waals surface area contributed by atoms with Gasteiger partial charge in [0, 0.05) is 28.7 Å². The topological polar surface area (TPSA) is 37.6 Å². The van der Waals surface area contributed by atoms with Crippen LogP contribution in [0.5, 0.6) is 0 Å². The molecule has 0 saturated heterocycles. The number of hydrazone groups is 1. The minimum Gasteiger partial charge on any atom is -0.340 e. The van der Waals surface area contributed by atoms with Crippen molar-refractivity contribution >= 4 is 57.5 Å². The molecule has 0 unspecified atom stereocenters. The van der Waals surface area contributed by atoms with Crippen molar-refractivity contribution in [3.8, 4) is 0 Å². The Hall–Kier alpha value is -3.69. The first-order valence-corrected chi connectivity index (χ1v) is 11.9. The molecule has 3 aromatic carbocycles. The molecule has 0 aliphatic carbocycles. The van der Waals surface area contributed by atoms with Crippen LogP contribution in [0.3, 0.4) is 0 Å². The second-order valence-corrected chi connectivity index (χ2v) is 9.44. The standard InChI is InChI=1S/C27H16Cl2F5N3O/c1-12-16(27(38)37(35-12)26-24(33)22(31)21(30)23(32)25(26)34)10-17-13(2)36(20-6-4-3-5-15(17)20)11-14-7-8-18(28)19(29)9-14/h3-10H,11H2,1-2H3/b16-10-. The first-order chi connectivity index (χ1) is 18.0. The Morgan fingerprint density at radius 2 is 1.50 bits per heavy atom. The minimum absolute atomic E-state index is 0.0413. The molecule has 0 bridgehead atoms. The number of rotatable bonds is 4. The van der Waals surface area contributed by atoms with E-state index in [0.29, 0.717) is 22.2 Å². The molecule has 0 spiro atoms. The summed E-state index contributed by atoms with van der Waals surface area (Å²) in [5.74, 6) is -12.0.